The van der Waals surface area contributed by atoms with Gasteiger partial charge in [-0.25, -0.2) is 21.9 Å². The monoisotopic (exact) mass is 312 g/mol. The lowest BCUT2D eigenvalue weighted by molar-refractivity contribution is 0.580. The first-order chi connectivity index (χ1) is 9.79. The van der Waals surface area contributed by atoms with E-state index in [1.165, 1.54) is 37.3 Å². The first-order valence-electron chi connectivity index (χ1n) is 6.09. The van der Waals surface area contributed by atoms with Gasteiger partial charge in [-0.3, -0.25) is 0 Å². The minimum atomic E-state index is -3.82. The van der Waals surface area contributed by atoms with Crippen molar-refractivity contribution < 1.29 is 17.2 Å². The second kappa shape index (κ2) is 5.79. The maximum atomic E-state index is 13.4. The van der Waals surface area contributed by atoms with E-state index < -0.39 is 21.7 Å². The number of hydrogen-bond donors (Lipinski definition) is 2. The van der Waals surface area contributed by atoms with Crippen molar-refractivity contribution in [2.75, 3.05) is 5.73 Å². The number of nitrogens with two attached hydrogens (primary N) is 1. The van der Waals surface area contributed by atoms with Crippen molar-refractivity contribution in [2.45, 2.75) is 18.4 Å². The summed E-state index contributed by atoms with van der Waals surface area (Å²) in [6.45, 7) is 1.43. The van der Waals surface area contributed by atoms with Crippen LogP contribution in [0.4, 0.5) is 14.5 Å². The van der Waals surface area contributed by atoms with E-state index in [1.54, 1.807) is 0 Å². The van der Waals surface area contributed by atoms with Crippen molar-refractivity contribution >= 4 is 15.7 Å². The Morgan fingerprint density at radius 1 is 1.14 bits per heavy atom. The van der Waals surface area contributed by atoms with E-state index in [2.05, 4.69) is 4.72 Å². The number of nitrogens with one attached hydrogen (secondary N) is 1. The fourth-order valence-corrected chi connectivity index (χ4v) is 2.92. The second-order valence-electron chi connectivity index (χ2n) is 4.59. The van der Waals surface area contributed by atoms with Crippen molar-refractivity contribution in [3.63, 3.8) is 0 Å². The van der Waals surface area contributed by atoms with Crippen LogP contribution >= 0.6 is 0 Å². The third-order valence-corrected chi connectivity index (χ3v) is 4.33. The van der Waals surface area contributed by atoms with Gasteiger partial charge in [-0.2, -0.15) is 0 Å². The van der Waals surface area contributed by atoms with E-state index >= 15 is 0 Å². The van der Waals surface area contributed by atoms with Crippen LogP contribution in [0.3, 0.4) is 0 Å². The summed E-state index contributed by atoms with van der Waals surface area (Å²) >= 11 is 0. The predicted octanol–water partition coefficient (Wildman–Crippen LogP) is 2.33. The Hall–Kier alpha value is -1.99. The van der Waals surface area contributed by atoms with Gasteiger partial charge in [0.2, 0.25) is 10.0 Å². The summed E-state index contributed by atoms with van der Waals surface area (Å²) in [7, 11) is -3.82. The molecule has 0 fully saturated rings. The quantitative estimate of drug-likeness (QED) is 0.851. The third kappa shape index (κ3) is 3.56. The van der Waals surface area contributed by atoms with Crippen molar-refractivity contribution in [3.8, 4) is 0 Å². The average Bonchev–Trinajstić information content (AvgIpc) is 2.43. The van der Waals surface area contributed by atoms with Crippen LogP contribution in [0.15, 0.2) is 41.3 Å². The summed E-state index contributed by atoms with van der Waals surface area (Å²) in [5, 5.41) is 0. The second-order valence-corrected chi connectivity index (χ2v) is 6.36. The standard InChI is InChI=1S/C14H14F2N2O2S/c1-9-6-12(7-13(17)14(9)16)21(19,20)18-8-10-2-4-11(15)5-3-10/h2-7,18H,8,17H2,1H3. The molecule has 0 aliphatic heterocycles. The largest absolute Gasteiger partial charge is 0.396 e. The summed E-state index contributed by atoms with van der Waals surface area (Å²) in [4.78, 5) is -0.110. The number of sulfonamides is 1. The molecule has 0 aliphatic rings. The number of nitrogen functional groups attached to an aromatic ring is 1. The van der Waals surface area contributed by atoms with E-state index in [0.29, 0.717) is 5.56 Å². The molecule has 0 aliphatic carbocycles. The lowest BCUT2D eigenvalue weighted by Gasteiger charge is -2.09. The number of aryl methyl sites for hydroxylation is 1. The van der Waals surface area contributed by atoms with E-state index in [9.17, 15) is 17.2 Å². The molecule has 0 saturated heterocycles. The van der Waals surface area contributed by atoms with Crippen LogP contribution in [0.2, 0.25) is 0 Å². The maximum absolute atomic E-state index is 13.4. The molecular weight excluding hydrogens is 298 g/mol. The van der Waals surface area contributed by atoms with Gasteiger partial charge in [0.05, 0.1) is 10.6 Å². The number of rotatable bonds is 4. The molecule has 0 radical (unpaired) electrons. The molecule has 0 amide bonds. The Bertz CT molecular complexity index is 736. The van der Waals surface area contributed by atoms with Gasteiger partial charge >= 0.3 is 0 Å². The average molecular weight is 312 g/mol. The van der Waals surface area contributed by atoms with Crippen molar-refractivity contribution in [1.29, 1.82) is 0 Å². The molecule has 21 heavy (non-hydrogen) atoms. The summed E-state index contributed by atoms with van der Waals surface area (Å²) < 4.78 is 52.8. The molecule has 0 aromatic heterocycles. The summed E-state index contributed by atoms with van der Waals surface area (Å²) in [5.74, 6) is -1.03. The van der Waals surface area contributed by atoms with Gasteiger partial charge in [0.25, 0.3) is 0 Å². The maximum Gasteiger partial charge on any atom is 0.240 e. The van der Waals surface area contributed by atoms with E-state index in [0.717, 1.165) is 6.07 Å². The summed E-state index contributed by atoms with van der Waals surface area (Å²) in [6, 6.07) is 7.70. The molecule has 7 heteroatoms. The number of halogens is 2. The molecule has 0 saturated carbocycles. The molecule has 4 nitrogen and oxygen atoms in total. The van der Waals surface area contributed by atoms with E-state index in [1.807, 2.05) is 0 Å². The molecule has 2 rings (SSSR count). The number of anilines is 1. The van der Waals surface area contributed by atoms with Gasteiger partial charge in [-0.15, -0.1) is 0 Å². The van der Waals surface area contributed by atoms with Gasteiger partial charge in [0.1, 0.15) is 11.6 Å². The van der Waals surface area contributed by atoms with Gasteiger partial charge < -0.3 is 5.73 Å². The first-order valence-corrected chi connectivity index (χ1v) is 7.57. The molecule has 112 valence electrons. The minimum Gasteiger partial charge on any atom is -0.396 e. The highest BCUT2D eigenvalue weighted by atomic mass is 32.2. The Morgan fingerprint density at radius 3 is 2.33 bits per heavy atom. The normalized spacial score (nSPS) is 11.6. The Kier molecular flexibility index (Phi) is 4.24. The fraction of sp³-hybridized carbons (Fsp3) is 0.143. The molecule has 0 atom stereocenters. The van der Waals surface area contributed by atoms with E-state index in [-0.39, 0.29) is 22.7 Å². The van der Waals surface area contributed by atoms with Crippen molar-refractivity contribution in [2.24, 2.45) is 0 Å². The Balaban J connectivity index is 2.20. The Morgan fingerprint density at radius 2 is 1.76 bits per heavy atom. The molecular formula is C14H14F2N2O2S. The van der Waals surface area contributed by atoms with E-state index in [4.69, 9.17) is 5.73 Å². The fourth-order valence-electron chi connectivity index (χ4n) is 1.78. The molecule has 0 heterocycles. The lowest BCUT2D eigenvalue weighted by Crippen LogP contribution is -2.23. The van der Waals surface area contributed by atoms with Crippen molar-refractivity contribution in [1.82, 2.24) is 4.72 Å². The van der Waals surface area contributed by atoms with Crippen LogP contribution in [0.1, 0.15) is 11.1 Å². The van der Waals surface area contributed by atoms with Crippen LogP contribution in [-0.4, -0.2) is 8.42 Å². The van der Waals surface area contributed by atoms with Gasteiger partial charge in [-0.1, -0.05) is 12.1 Å². The highest BCUT2D eigenvalue weighted by Crippen LogP contribution is 2.20. The highest BCUT2D eigenvalue weighted by molar-refractivity contribution is 7.89. The zero-order valence-electron chi connectivity index (χ0n) is 11.2. The number of hydrogen-bond acceptors (Lipinski definition) is 3. The first kappa shape index (κ1) is 15.4. The number of benzene rings is 2. The third-order valence-electron chi connectivity index (χ3n) is 2.95. The van der Waals surface area contributed by atoms with Crippen LogP contribution in [-0.2, 0) is 16.6 Å². The summed E-state index contributed by atoms with van der Waals surface area (Å²) in [6.07, 6.45) is 0. The highest BCUT2D eigenvalue weighted by Gasteiger charge is 2.17. The molecule has 0 spiro atoms. The molecule has 3 N–H and O–H groups in total. The van der Waals surface area contributed by atoms with Crippen LogP contribution < -0.4 is 10.5 Å². The zero-order chi connectivity index (χ0) is 15.6. The predicted molar refractivity (Wildman–Crippen MR) is 76.0 cm³/mol. The minimum absolute atomic E-state index is 0.00105. The van der Waals surface area contributed by atoms with Crippen LogP contribution in [0.25, 0.3) is 0 Å². The van der Waals surface area contributed by atoms with Gasteiger partial charge in [0.15, 0.2) is 0 Å². The molecule has 0 bridgehead atoms. The van der Waals surface area contributed by atoms with Gasteiger partial charge in [-0.05, 0) is 42.3 Å². The van der Waals surface area contributed by atoms with Crippen LogP contribution in [0, 0.1) is 18.6 Å². The van der Waals surface area contributed by atoms with Crippen LogP contribution in [0.5, 0.6) is 0 Å². The summed E-state index contributed by atoms with van der Waals surface area (Å²) in [5.41, 5.74) is 5.96. The van der Waals surface area contributed by atoms with Crippen molar-refractivity contribution in [3.05, 3.63) is 59.2 Å². The smallest absolute Gasteiger partial charge is 0.240 e. The topological polar surface area (TPSA) is 72.2 Å². The zero-order valence-corrected chi connectivity index (χ0v) is 12.0. The molecule has 2 aromatic rings. The lowest BCUT2D eigenvalue weighted by atomic mass is 10.2. The van der Waals surface area contributed by atoms with Gasteiger partial charge in [0, 0.05) is 6.54 Å². The Labute approximate surface area is 121 Å². The SMILES string of the molecule is Cc1cc(S(=O)(=O)NCc2ccc(F)cc2)cc(N)c1F. The molecule has 2 aromatic carbocycles. The molecule has 0 unspecified atom stereocenters.